The molecule has 0 spiro atoms. The van der Waals surface area contributed by atoms with Gasteiger partial charge in [-0.25, -0.2) is 4.79 Å². The Morgan fingerprint density at radius 1 is 1.35 bits per heavy atom. The van der Waals surface area contributed by atoms with Crippen LogP contribution in [0, 0.1) is 0 Å². The first-order chi connectivity index (χ1) is 8.04. The highest BCUT2D eigenvalue weighted by Crippen LogP contribution is 2.11. The topological polar surface area (TPSA) is 63.6 Å². The lowest BCUT2D eigenvalue weighted by atomic mass is 10.1. The molecular formula is C12H11ClO4. The van der Waals surface area contributed by atoms with Crippen molar-refractivity contribution in [3.8, 4) is 0 Å². The van der Waals surface area contributed by atoms with E-state index in [0.717, 1.165) is 6.08 Å². The highest BCUT2D eigenvalue weighted by atomic mass is 35.5. The Labute approximate surface area is 103 Å². The molecule has 0 amide bonds. The molecule has 17 heavy (non-hydrogen) atoms. The Hall–Kier alpha value is -1.81. The molecule has 0 aliphatic carbocycles. The third-order valence-electron chi connectivity index (χ3n) is 1.88. The molecule has 0 atom stereocenters. The molecule has 1 N–H and O–H groups in total. The zero-order valence-electron chi connectivity index (χ0n) is 9.14. The van der Waals surface area contributed by atoms with Gasteiger partial charge in [-0.05, 0) is 31.2 Å². The van der Waals surface area contributed by atoms with Gasteiger partial charge >= 0.3 is 5.97 Å². The Morgan fingerprint density at radius 2 is 1.94 bits per heavy atom. The van der Waals surface area contributed by atoms with Gasteiger partial charge < -0.3 is 9.84 Å². The van der Waals surface area contributed by atoms with Crippen LogP contribution in [-0.2, 0) is 9.53 Å². The monoisotopic (exact) mass is 254 g/mol. The largest absolute Gasteiger partial charge is 0.502 e. The van der Waals surface area contributed by atoms with Crippen molar-refractivity contribution in [2.45, 2.75) is 6.92 Å². The normalized spacial score (nSPS) is 11.1. The maximum Gasteiger partial charge on any atom is 0.373 e. The molecule has 0 fully saturated rings. The van der Waals surface area contributed by atoms with Gasteiger partial charge in [-0.2, -0.15) is 0 Å². The third-order valence-corrected chi connectivity index (χ3v) is 2.13. The summed E-state index contributed by atoms with van der Waals surface area (Å²) < 4.78 is 4.53. The minimum Gasteiger partial charge on any atom is -0.502 e. The molecule has 0 aliphatic rings. The lowest BCUT2D eigenvalue weighted by Crippen LogP contribution is -2.09. The summed E-state index contributed by atoms with van der Waals surface area (Å²) in [5.41, 5.74) is 0.324. The second-order valence-corrected chi connectivity index (χ2v) is 3.56. The summed E-state index contributed by atoms with van der Waals surface area (Å²) in [5.74, 6) is -2.13. The first kappa shape index (κ1) is 13.3. The molecule has 0 unspecified atom stereocenters. The van der Waals surface area contributed by atoms with E-state index in [2.05, 4.69) is 4.74 Å². The second-order valence-electron chi connectivity index (χ2n) is 3.12. The number of carbonyl (C=O) groups excluding carboxylic acids is 2. The Bertz CT molecular complexity index is 448. The number of aliphatic hydroxyl groups excluding tert-OH is 1. The van der Waals surface area contributed by atoms with Crippen molar-refractivity contribution < 1.29 is 19.4 Å². The SMILES string of the molecule is CCOC(=O)/C(O)=C/C(=O)c1ccc(Cl)cc1. The molecule has 0 heterocycles. The summed E-state index contributed by atoms with van der Waals surface area (Å²) >= 11 is 5.66. The van der Waals surface area contributed by atoms with E-state index < -0.39 is 17.5 Å². The molecule has 5 heteroatoms. The Morgan fingerprint density at radius 3 is 2.47 bits per heavy atom. The summed E-state index contributed by atoms with van der Waals surface area (Å²) in [6.07, 6.45) is 0.821. The van der Waals surface area contributed by atoms with Crippen molar-refractivity contribution in [2.24, 2.45) is 0 Å². The van der Waals surface area contributed by atoms with Crippen molar-refractivity contribution in [3.63, 3.8) is 0 Å². The van der Waals surface area contributed by atoms with Crippen molar-refractivity contribution in [1.29, 1.82) is 0 Å². The van der Waals surface area contributed by atoms with Gasteiger partial charge in [0.05, 0.1) is 6.61 Å². The Balaban J connectivity index is 2.81. The van der Waals surface area contributed by atoms with Crippen molar-refractivity contribution >= 4 is 23.4 Å². The highest BCUT2D eigenvalue weighted by Gasteiger charge is 2.11. The molecule has 90 valence electrons. The number of esters is 1. The van der Waals surface area contributed by atoms with Gasteiger partial charge in [-0.1, -0.05) is 11.6 Å². The zero-order valence-corrected chi connectivity index (χ0v) is 9.90. The van der Waals surface area contributed by atoms with Crippen LogP contribution in [0.4, 0.5) is 0 Å². The first-order valence-electron chi connectivity index (χ1n) is 4.92. The quantitative estimate of drug-likeness (QED) is 0.388. The smallest absolute Gasteiger partial charge is 0.373 e. The van der Waals surface area contributed by atoms with Gasteiger partial charge in [0.2, 0.25) is 5.76 Å². The standard InChI is InChI=1S/C12H11ClO4/c1-2-17-12(16)11(15)7-10(14)8-3-5-9(13)6-4-8/h3-7,15H,2H2,1H3/b11-7-. The van der Waals surface area contributed by atoms with E-state index in [1.807, 2.05) is 0 Å². The number of rotatable bonds is 4. The molecular weight excluding hydrogens is 244 g/mol. The van der Waals surface area contributed by atoms with Gasteiger partial charge in [0, 0.05) is 16.7 Å². The third kappa shape index (κ3) is 3.92. The molecule has 0 bridgehead atoms. The van der Waals surface area contributed by atoms with Crippen LogP contribution >= 0.6 is 11.6 Å². The average Bonchev–Trinajstić information content (AvgIpc) is 2.30. The van der Waals surface area contributed by atoms with Crippen LogP contribution in [0.25, 0.3) is 0 Å². The molecule has 0 radical (unpaired) electrons. The van der Waals surface area contributed by atoms with Gasteiger partial charge in [-0.3, -0.25) is 4.79 Å². The van der Waals surface area contributed by atoms with E-state index in [4.69, 9.17) is 11.6 Å². The highest BCUT2D eigenvalue weighted by molar-refractivity contribution is 6.30. The zero-order chi connectivity index (χ0) is 12.8. The minimum absolute atomic E-state index is 0.131. The summed E-state index contributed by atoms with van der Waals surface area (Å²) in [4.78, 5) is 22.6. The van der Waals surface area contributed by atoms with Crippen molar-refractivity contribution in [1.82, 2.24) is 0 Å². The number of carbonyl (C=O) groups is 2. The van der Waals surface area contributed by atoms with Crippen molar-refractivity contribution in [2.75, 3.05) is 6.61 Å². The van der Waals surface area contributed by atoms with Gasteiger partial charge in [0.1, 0.15) is 0 Å². The van der Waals surface area contributed by atoms with Crippen LogP contribution in [-0.4, -0.2) is 23.5 Å². The molecule has 0 aliphatic heterocycles. The van der Waals surface area contributed by atoms with Crippen LogP contribution in [0.1, 0.15) is 17.3 Å². The fourth-order valence-electron chi connectivity index (χ4n) is 1.09. The number of ketones is 1. The number of benzene rings is 1. The number of allylic oxidation sites excluding steroid dienone is 1. The van der Waals surface area contributed by atoms with E-state index in [1.165, 1.54) is 12.1 Å². The van der Waals surface area contributed by atoms with E-state index in [9.17, 15) is 14.7 Å². The van der Waals surface area contributed by atoms with Gasteiger partial charge in [0.25, 0.3) is 0 Å². The predicted molar refractivity (Wildman–Crippen MR) is 63.1 cm³/mol. The minimum atomic E-state index is -0.921. The maximum absolute atomic E-state index is 11.6. The number of halogens is 1. The van der Waals surface area contributed by atoms with E-state index in [-0.39, 0.29) is 6.61 Å². The summed E-state index contributed by atoms with van der Waals surface area (Å²) in [7, 11) is 0. The molecule has 1 aromatic carbocycles. The summed E-state index contributed by atoms with van der Waals surface area (Å²) in [5, 5.41) is 9.77. The van der Waals surface area contributed by atoms with Crippen LogP contribution in [0.5, 0.6) is 0 Å². The summed E-state index contributed by atoms with van der Waals surface area (Å²) in [6.45, 7) is 1.73. The maximum atomic E-state index is 11.6. The van der Waals surface area contributed by atoms with Gasteiger partial charge in [0.15, 0.2) is 5.78 Å². The van der Waals surface area contributed by atoms with E-state index in [1.54, 1.807) is 19.1 Å². The van der Waals surface area contributed by atoms with E-state index in [0.29, 0.717) is 10.6 Å². The Kier molecular flexibility index (Phi) is 4.72. The average molecular weight is 255 g/mol. The molecule has 1 rings (SSSR count). The number of hydrogen-bond acceptors (Lipinski definition) is 4. The predicted octanol–water partition coefficient (Wildman–Crippen LogP) is 2.53. The number of ether oxygens (including phenoxy) is 1. The van der Waals surface area contributed by atoms with Crippen molar-refractivity contribution in [3.05, 3.63) is 46.7 Å². The number of aliphatic hydroxyl groups is 1. The molecule has 0 saturated carbocycles. The fraction of sp³-hybridized carbons (Fsp3) is 0.167. The second kappa shape index (κ2) is 6.06. The lowest BCUT2D eigenvalue weighted by Gasteiger charge is -2.00. The molecule has 4 nitrogen and oxygen atoms in total. The summed E-state index contributed by atoms with van der Waals surface area (Å²) in [6, 6.07) is 6.09. The lowest BCUT2D eigenvalue weighted by molar-refractivity contribution is -0.141. The van der Waals surface area contributed by atoms with Gasteiger partial charge in [-0.15, -0.1) is 0 Å². The molecule has 0 saturated heterocycles. The van der Waals surface area contributed by atoms with Crippen LogP contribution in [0.2, 0.25) is 5.02 Å². The van der Waals surface area contributed by atoms with Crippen LogP contribution in [0.15, 0.2) is 36.1 Å². The van der Waals surface area contributed by atoms with Crippen LogP contribution < -0.4 is 0 Å². The van der Waals surface area contributed by atoms with E-state index >= 15 is 0 Å². The number of hydrogen-bond donors (Lipinski definition) is 1. The first-order valence-corrected chi connectivity index (χ1v) is 5.30. The molecule has 1 aromatic rings. The molecule has 0 aromatic heterocycles. The fourth-order valence-corrected chi connectivity index (χ4v) is 1.21. The van der Waals surface area contributed by atoms with Crippen LogP contribution in [0.3, 0.4) is 0 Å².